The molecule has 6 heteroatoms. The van der Waals surface area contributed by atoms with Gasteiger partial charge in [0.15, 0.2) is 0 Å². The first-order valence-electron chi connectivity index (χ1n) is 4.02. The fourth-order valence-electron chi connectivity index (χ4n) is 0.986. The SMILES string of the molecule is CCN(OS(=O)(=O)O)c1ccccc1. The van der Waals surface area contributed by atoms with Gasteiger partial charge in [0.1, 0.15) is 0 Å². The summed E-state index contributed by atoms with van der Waals surface area (Å²) in [5.41, 5.74) is 0.563. The Balaban J connectivity index is 2.84. The van der Waals surface area contributed by atoms with E-state index in [1.165, 1.54) is 0 Å². The molecule has 0 aliphatic carbocycles. The lowest BCUT2D eigenvalue weighted by atomic mass is 10.3. The van der Waals surface area contributed by atoms with Gasteiger partial charge in [0, 0.05) is 6.54 Å². The summed E-state index contributed by atoms with van der Waals surface area (Å²) in [6.07, 6.45) is 0. The second kappa shape index (κ2) is 4.41. The van der Waals surface area contributed by atoms with Crippen molar-refractivity contribution in [3.05, 3.63) is 30.3 Å². The smallest absolute Gasteiger partial charge is 0.262 e. The topological polar surface area (TPSA) is 66.8 Å². The largest absolute Gasteiger partial charge is 0.418 e. The average molecular weight is 217 g/mol. The number of nitrogens with zero attached hydrogens (tertiary/aromatic N) is 1. The molecular weight excluding hydrogens is 206 g/mol. The van der Waals surface area contributed by atoms with Crippen molar-refractivity contribution in [3.8, 4) is 0 Å². The molecule has 1 rings (SSSR count). The van der Waals surface area contributed by atoms with Gasteiger partial charge in [-0.2, -0.15) is 8.42 Å². The molecule has 0 atom stereocenters. The number of hydrogen-bond acceptors (Lipinski definition) is 4. The van der Waals surface area contributed by atoms with E-state index in [0.717, 1.165) is 5.06 Å². The first kappa shape index (κ1) is 11.0. The quantitative estimate of drug-likeness (QED) is 0.607. The molecule has 0 spiro atoms. The van der Waals surface area contributed by atoms with Crippen molar-refractivity contribution < 1.29 is 17.3 Å². The Morgan fingerprint density at radius 2 is 1.93 bits per heavy atom. The monoisotopic (exact) mass is 217 g/mol. The maximum Gasteiger partial charge on any atom is 0.418 e. The third kappa shape index (κ3) is 3.33. The van der Waals surface area contributed by atoms with E-state index in [1.807, 2.05) is 0 Å². The molecule has 0 radical (unpaired) electrons. The normalized spacial score (nSPS) is 11.3. The van der Waals surface area contributed by atoms with Crippen LogP contribution in [0.4, 0.5) is 5.69 Å². The van der Waals surface area contributed by atoms with Gasteiger partial charge in [0.2, 0.25) is 0 Å². The zero-order valence-corrected chi connectivity index (χ0v) is 8.44. The van der Waals surface area contributed by atoms with E-state index >= 15 is 0 Å². The van der Waals surface area contributed by atoms with Gasteiger partial charge in [-0.3, -0.25) is 4.55 Å². The molecule has 1 aromatic rings. The van der Waals surface area contributed by atoms with E-state index in [-0.39, 0.29) is 0 Å². The highest BCUT2D eigenvalue weighted by Crippen LogP contribution is 2.14. The molecule has 5 nitrogen and oxygen atoms in total. The van der Waals surface area contributed by atoms with E-state index in [1.54, 1.807) is 37.3 Å². The number of hydrogen-bond donors (Lipinski definition) is 1. The summed E-state index contributed by atoms with van der Waals surface area (Å²) in [6, 6.07) is 8.63. The van der Waals surface area contributed by atoms with Crippen LogP contribution in [0, 0.1) is 0 Å². The van der Waals surface area contributed by atoms with Gasteiger partial charge < -0.3 is 0 Å². The Labute approximate surface area is 82.8 Å². The van der Waals surface area contributed by atoms with Gasteiger partial charge >= 0.3 is 10.4 Å². The minimum absolute atomic E-state index is 0.309. The molecule has 0 bridgehead atoms. The van der Waals surface area contributed by atoms with Crippen LogP contribution >= 0.6 is 0 Å². The minimum atomic E-state index is -4.46. The molecule has 0 unspecified atom stereocenters. The van der Waals surface area contributed by atoms with Crippen LogP contribution in [0.15, 0.2) is 30.3 Å². The Bertz CT molecular complexity index is 376. The summed E-state index contributed by atoms with van der Waals surface area (Å²) in [4.78, 5) is 0. The van der Waals surface area contributed by atoms with Crippen LogP contribution in [-0.4, -0.2) is 19.5 Å². The molecular formula is C8H11NO4S. The fraction of sp³-hybridized carbons (Fsp3) is 0.250. The van der Waals surface area contributed by atoms with Gasteiger partial charge in [-0.1, -0.05) is 18.2 Å². The van der Waals surface area contributed by atoms with Crippen LogP contribution in [0.1, 0.15) is 6.92 Å². The van der Waals surface area contributed by atoms with Crippen molar-refractivity contribution in [3.63, 3.8) is 0 Å². The van der Waals surface area contributed by atoms with Crippen molar-refractivity contribution in [1.82, 2.24) is 0 Å². The standard InChI is InChI=1S/C8H11NO4S/c1-2-9(13-14(10,11)12)8-6-4-3-5-7-8/h3-7H,2H2,1H3,(H,10,11,12). The van der Waals surface area contributed by atoms with E-state index < -0.39 is 10.4 Å². The lowest BCUT2D eigenvalue weighted by molar-refractivity contribution is 0.245. The summed E-state index contributed by atoms with van der Waals surface area (Å²) in [6.45, 7) is 2.02. The first-order valence-corrected chi connectivity index (χ1v) is 5.39. The second-order valence-corrected chi connectivity index (χ2v) is 3.54. The molecule has 0 aromatic heterocycles. The Kier molecular flexibility index (Phi) is 3.45. The van der Waals surface area contributed by atoms with Crippen LogP contribution in [-0.2, 0) is 14.7 Å². The van der Waals surface area contributed by atoms with Gasteiger partial charge in [0.25, 0.3) is 0 Å². The van der Waals surface area contributed by atoms with E-state index in [4.69, 9.17) is 4.55 Å². The predicted molar refractivity (Wildman–Crippen MR) is 52.1 cm³/mol. The van der Waals surface area contributed by atoms with Crippen molar-refractivity contribution in [2.75, 3.05) is 11.6 Å². The van der Waals surface area contributed by atoms with Crippen molar-refractivity contribution in [2.24, 2.45) is 0 Å². The summed E-state index contributed by atoms with van der Waals surface area (Å²) < 4.78 is 33.8. The van der Waals surface area contributed by atoms with Gasteiger partial charge in [0.05, 0.1) is 5.69 Å². The Hall–Kier alpha value is -1.11. The molecule has 1 N–H and O–H groups in total. The lowest BCUT2D eigenvalue weighted by Crippen LogP contribution is -2.26. The molecule has 14 heavy (non-hydrogen) atoms. The summed E-state index contributed by atoms with van der Waals surface area (Å²) in [5, 5.41) is 1.08. The fourth-order valence-corrected chi connectivity index (χ4v) is 1.41. The van der Waals surface area contributed by atoms with Gasteiger partial charge in [-0.15, -0.1) is 4.28 Å². The highest BCUT2D eigenvalue weighted by Gasteiger charge is 2.12. The van der Waals surface area contributed by atoms with Crippen LogP contribution in [0.5, 0.6) is 0 Å². The molecule has 0 aliphatic rings. The third-order valence-electron chi connectivity index (χ3n) is 1.52. The maximum absolute atomic E-state index is 10.5. The molecule has 0 heterocycles. The zero-order valence-electron chi connectivity index (χ0n) is 7.62. The first-order chi connectivity index (χ1) is 6.53. The zero-order chi connectivity index (χ0) is 10.6. The molecule has 0 fully saturated rings. The van der Waals surface area contributed by atoms with Crippen LogP contribution < -0.4 is 5.06 Å². The van der Waals surface area contributed by atoms with Gasteiger partial charge in [-0.05, 0) is 19.1 Å². The van der Waals surface area contributed by atoms with Crippen LogP contribution in [0.25, 0.3) is 0 Å². The summed E-state index contributed by atoms with van der Waals surface area (Å²) in [5.74, 6) is 0. The van der Waals surface area contributed by atoms with Crippen molar-refractivity contribution in [2.45, 2.75) is 6.92 Å². The number of benzene rings is 1. The number of hydroxylamine groups is 1. The molecule has 0 aliphatic heterocycles. The molecule has 78 valence electrons. The van der Waals surface area contributed by atoms with Crippen LogP contribution in [0.2, 0.25) is 0 Å². The van der Waals surface area contributed by atoms with Gasteiger partial charge in [-0.25, -0.2) is 5.06 Å². The highest BCUT2D eigenvalue weighted by molar-refractivity contribution is 7.80. The summed E-state index contributed by atoms with van der Waals surface area (Å²) in [7, 11) is -4.46. The Morgan fingerprint density at radius 3 is 2.36 bits per heavy atom. The highest BCUT2D eigenvalue weighted by atomic mass is 32.3. The lowest BCUT2D eigenvalue weighted by Gasteiger charge is -2.18. The Morgan fingerprint density at radius 1 is 1.36 bits per heavy atom. The average Bonchev–Trinajstić information content (AvgIpc) is 2.14. The van der Waals surface area contributed by atoms with E-state index in [9.17, 15) is 8.42 Å². The minimum Gasteiger partial charge on any atom is -0.262 e. The molecule has 0 saturated carbocycles. The summed E-state index contributed by atoms with van der Waals surface area (Å²) >= 11 is 0. The number of rotatable bonds is 4. The number of para-hydroxylation sites is 1. The number of anilines is 1. The molecule has 1 aromatic carbocycles. The third-order valence-corrected chi connectivity index (χ3v) is 1.88. The van der Waals surface area contributed by atoms with E-state index in [2.05, 4.69) is 4.28 Å². The van der Waals surface area contributed by atoms with E-state index in [0.29, 0.717) is 12.2 Å². The van der Waals surface area contributed by atoms with Crippen LogP contribution in [0.3, 0.4) is 0 Å². The second-order valence-electron chi connectivity index (χ2n) is 2.53. The van der Waals surface area contributed by atoms with Crippen molar-refractivity contribution in [1.29, 1.82) is 0 Å². The predicted octanol–water partition coefficient (Wildman–Crippen LogP) is 1.25. The maximum atomic E-state index is 10.5. The van der Waals surface area contributed by atoms with Crippen molar-refractivity contribution >= 4 is 16.1 Å². The molecule has 0 saturated heterocycles. The molecule has 0 amide bonds.